The molecule has 0 aliphatic carbocycles. The number of carbonyl (C=O) groups excluding carboxylic acids is 2. The summed E-state index contributed by atoms with van der Waals surface area (Å²) in [7, 11) is 0. The molecule has 2 aromatic rings. The van der Waals surface area contributed by atoms with Gasteiger partial charge in [0.25, 0.3) is 0 Å². The Balaban J connectivity index is 2.20. The van der Waals surface area contributed by atoms with Gasteiger partial charge in [-0.05, 0) is 38.8 Å². The average molecular weight is 352 g/mol. The van der Waals surface area contributed by atoms with Crippen LogP contribution in [0.4, 0.5) is 0 Å². The first-order valence-electron chi connectivity index (χ1n) is 9.06. The SMILES string of the molecule is Cc1ccc(CN(C(=O)Cc2ccccc2)C(C)C(=O)NC(C)C)cc1. The first kappa shape index (κ1) is 19.7. The summed E-state index contributed by atoms with van der Waals surface area (Å²) in [6, 6.07) is 17.2. The van der Waals surface area contributed by atoms with Crippen LogP contribution in [0.15, 0.2) is 54.6 Å². The lowest BCUT2D eigenvalue weighted by molar-refractivity contribution is -0.140. The van der Waals surface area contributed by atoms with E-state index in [2.05, 4.69) is 5.32 Å². The highest BCUT2D eigenvalue weighted by molar-refractivity contribution is 5.88. The number of nitrogens with one attached hydrogen (secondary N) is 1. The zero-order chi connectivity index (χ0) is 19.1. The van der Waals surface area contributed by atoms with E-state index in [-0.39, 0.29) is 24.3 Å². The predicted octanol–water partition coefficient (Wildman–Crippen LogP) is 3.48. The molecule has 2 rings (SSSR count). The number of aryl methyl sites for hydroxylation is 1. The van der Waals surface area contributed by atoms with E-state index in [1.54, 1.807) is 11.8 Å². The van der Waals surface area contributed by atoms with Crippen LogP contribution in [0.1, 0.15) is 37.5 Å². The smallest absolute Gasteiger partial charge is 0.242 e. The van der Waals surface area contributed by atoms with E-state index < -0.39 is 6.04 Å². The van der Waals surface area contributed by atoms with E-state index in [1.807, 2.05) is 75.4 Å². The maximum absolute atomic E-state index is 13.0. The van der Waals surface area contributed by atoms with E-state index in [1.165, 1.54) is 5.56 Å². The minimum atomic E-state index is -0.532. The van der Waals surface area contributed by atoms with E-state index in [4.69, 9.17) is 0 Å². The molecule has 1 N–H and O–H groups in total. The van der Waals surface area contributed by atoms with Gasteiger partial charge in [0.15, 0.2) is 0 Å². The van der Waals surface area contributed by atoms with E-state index >= 15 is 0 Å². The second-order valence-corrected chi connectivity index (χ2v) is 7.01. The fraction of sp³-hybridized carbons (Fsp3) is 0.364. The third kappa shape index (κ3) is 5.73. The molecule has 0 fully saturated rings. The molecule has 1 atom stereocenters. The number of amides is 2. The van der Waals surface area contributed by atoms with Crippen LogP contribution in [0.3, 0.4) is 0 Å². The van der Waals surface area contributed by atoms with Gasteiger partial charge in [0, 0.05) is 12.6 Å². The quantitative estimate of drug-likeness (QED) is 0.829. The van der Waals surface area contributed by atoms with Gasteiger partial charge in [0.1, 0.15) is 6.04 Å². The lowest BCUT2D eigenvalue weighted by Crippen LogP contribution is -2.49. The Hall–Kier alpha value is -2.62. The summed E-state index contributed by atoms with van der Waals surface area (Å²) in [6.45, 7) is 8.07. The van der Waals surface area contributed by atoms with Gasteiger partial charge in [-0.15, -0.1) is 0 Å². The highest BCUT2D eigenvalue weighted by Gasteiger charge is 2.26. The number of hydrogen-bond acceptors (Lipinski definition) is 2. The van der Waals surface area contributed by atoms with Gasteiger partial charge >= 0.3 is 0 Å². The van der Waals surface area contributed by atoms with Gasteiger partial charge in [0.2, 0.25) is 11.8 Å². The molecule has 26 heavy (non-hydrogen) atoms. The lowest BCUT2D eigenvalue weighted by Gasteiger charge is -2.29. The summed E-state index contributed by atoms with van der Waals surface area (Å²) >= 11 is 0. The normalized spacial score (nSPS) is 11.9. The van der Waals surface area contributed by atoms with Crippen molar-refractivity contribution in [1.82, 2.24) is 10.2 Å². The molecule has 2 amide bonds. The van der Waals surface area contributed by atoms with Crippen molar-refractivity contribution >= 4 is 11.8 Å². The van der Waals surface area contributed by atoms with Crippen LogP contribution in [0.5, 0.6) is 0 Å². The Bertz CT molecular complexity index is 724. The highest BCUT2D eigenvalue weighted by atomic mass is 16.2. The molecule has 0 heterocycles. The van der Waals surface area contributed by atoms with Gasteiger partial charge < -0.3 is 10.2 Å². The molecule has 0 aliphatic rings. The molecule has 0 spiro atoms. The second kappa shape index (κ2) is 9.18. The topological polar surface area (TPSA) is 49.4 Å². The molecule has 0 radical (unpaired) electrons. The van der Waals surface area contributed by atoms with Crippen LogP contribution >= 0.6 is 0 Å². The first-order valence-corrected chi connectivity index (χ1v) is 9.06. The summed E-state index contributed by atoms with van der Waals surface area (Å²) in [4.78, 5) is 27.1. The monoisotopic (exact) mass is 352 g/mol. The number of benzene rings is 2. The predicted molar refractivity (Wildman–Crippen MR) is 105 cm³/mol. The molecule has 4 heteroatoms. The van der Waals surface area contributed by atoms with Crippen molar-refractivity contribution in [2.45, 2.75) is 52.7 Å². The third-order valence-corrected chi connectivity index (χ3v) is 4.27. The number of rotatable bonds is 7. The summed E-state index contributed by atoms with van der Waals surface area (Å²) < 4.78 is 0. The fourth-order valence-corrected chi connectivity index (χ4v) is 2.75. The lowest BCUT2D eigenvalue weighted by atomic mass is 10.1. The molecule has 0 aliphatic heterocycles. The minimum absolute atomic E-state index is 0.0374. The van der Waals surface area contributed by atoms with Crippen LogP contribution in [0.2, 0.25) is 0 Å². The maximum Gasteiger partial charge on any atom is 0.242 e. The number of carbonyl (C=O) groups is 2. The van der Waals surface area contributed by atoms with Crippen LogP contribution in [-0.4, -0.2) is 28.8 Å². The van der Waals surface area contributed by atoms with Gasteiger partial charge in [-0.1, -0.05) is 60.2 Å². The molecule has 0 aromatic heterocycles. The minimum Gasteiger partial charge on any atom is -0.352 e. The number of hydrogen-bond donors (Lipinski definition) is 1. The number of nitrogens with zero attached hydrogens (tertiary/aromatic N) is 1. The van der Waals surface area contributed by atoms with Crippen LogP contribution in [0.25, 0.3) is 0 Å². The van der Waals surface area contributed by atoms with Crippen LogP contribution in [-0.2, 0) is 22.6 Å². The first-order chi connectivity index (χ1) is 12.4. The maximum atomic E-state index is 13.0. The van der Waals surface area contributed by atoms with E-state index in [9.17, 15) is 9.59 Å². The van der Waals surface area contributed by atoms with Crippen molar-refractivity contribution in [3.8, 4) is 0 Å². The second-order valence-electron chi connectivity index (χ2n) is 7.01. The Morgan fingerprint density at radius 1 is 0.923 bits per heavy atom. The van der Waals surface area contributed by atoms with Crippen molar-refractivity contribution in [3.05, 3.63) is 71.3 Å². The van der Waals surface area contributed by atoms with Gasteiger partial charge in [-0.25, -0.2) is 0 Å². The van der Waals surface area contributed by atoms with Crippen LogP contribution < -0.4 is 5.32 Å². The molecular formula is C22H28N2O2. The zero-order valence-corrected chi connectivity index (χ0v) is 16.0. The largest absolute Gasteiger partial charge is 0.352 e. The zero-order valence-electron chi connectivity index (χ0n) is 16.0. The molecule has 0 saturated heterocycles. The molecule has 138 valence electrons. The summed E-state index contributed by atoms with van der Waals surface area (Å²) in [5.74, 6) is -0.184. The van der Waals surface area contributed by atoms with Gasteiger partial charge in [-0.3, -0.25) is 9.59 Å². The highest BCUT2D eigenvalue weighted by Crippen LogP contribution is 2.13. The molecule has 0 saturated carbocycles. The van der Waals surface area contributed by atoms with Crippen molar-refractivity contribution in [1.29, 1.82) is 0 Å². The third-order valence-electron chi connectivity index (χ3n) is 4.27. The average Bonchev–Trinajstić information content (AvgIpc) is 2.60. The molecule has 4 nitrogen and oxygen atoms in total. The van der Waals surface area contributed by atoms with Crippen LogP contribution in [0, 0.1) is 6.92 Å². The van der Waals surface area contributed by atoms with Gasteiger partial charge in [0.05, 0.1) is 6.42 Å². The summed E-state index contributed by atoms with van der Waals surface area (Å²) in [5, 5.41) is 2.90. The Morgan fingerprint density at radius 3 is 2.12 bits per heavy atom. The van der Waals surface area contributed by atoms with Crippen molar-refractivity contribution in [2.24, 2.45) is 0 Å². The Kier molecular flexibility index (Phi) is 6.96. The molecular weight excluding hydrogens is 324 g/mol. The summed E-state index contributed by atoms with van der Waals surface area (Å²) in [6.07, 6.45) is 0.284. The Morgan fingerprint density at radius 2 is 1.54 bits per heavy atom. The van der Waals surface area contributed by atoms with Crippen molar-refractivity contribution < 1.29 is 9.59 Å². The molecule has 1 unspecified atom stereocenters. The Labute approximate surface area is 156 Å². The van der Waals surface area contributed by atoms with E-state index in [0.29, 0.717) is 6.54 Å². The van der Waals surface area contributed by atoms with Crippen molar-refractivity contribution in [3.63, 3.8) is 0 Å². The molecule has 0 bridgehead atoms. The fourth-order valence-electron chi connectivity index (χ4n) is 2.75. The van der Waals surface area contributed by atoms with Gasteiger partial charge in [-0.2, -0.15) is 0 Å². The van der Waals surface area contributed by atoms with Crippen molar-refractivity contribution in [2.75, 3.05) is 0 Å². The summed E-state index contributed by atoms with van der Waals surface area (Å²) in [5.41, 5.74) is 3.13. The van der Waals surface area contributed by atoms with E-state index in [0.717, 1.165) is 11.1 Å². The standard InChI is InChI=1S/C22H28N2O2/c1-16(2)23-22(26)18(4)24(15-20-12-10-17(3)11-13-20)21(25)14-19-8-6-5-7-9-19/h5-13,16,18H,14-15H2,1-4H3,(H,23,26). The molecule has 2 aromatic carbocycles.